The van der Waals surface area contributed by atoms with Gasteiger partial charge in [-0.3, -0.25) is 9.59 Å². The number of hydrogen-bond donors (Lipinski definition) is 3. The van der Waals surface area contributed by atoms with Crippen molar-refractivity contribution in [1.29, 1.82) is 0 Å². The number of anilines is 4. The Kier molecular flexibility index (Phi) is 10.4. The molecule has 1 aromatic heterocycles. The zero-order valence-corrected chi connectivity index (χ0v) is 29.0. The Labute approximate surface area is 283 Å². The Morgan fingerprint density at radius 3 is 2.56 bits per heavy atom. The maximum absolute atomic E-state index is 13.5. The fraction of sp³-hybridized carbons (Fsp3) is 0.417. The number of carbonyl (C=O) groups excluding carboxylic acids is 2. The van der Waals surface area contributed by atoms with Crippen molar-refractivity contribution in [1.82, 2.24) is 19.8 Å². The monoisotopic (exact) mass is 652 g/mol. The maximum atomic E-state index is 13.5. The van der Waals surface area contributed by atoms with Crippen molar-refractivity contribution < 1.29 is 9.59 Å². The smallest absolute Gasteiger partial charge is 0.255 e. The third-order valence-corrected chi connectivity index (χ3v) is 9.05. The van der Waals surface area contributed by atoms with Crippen LogP contribution in [0.2, 0.25) is 0 Å². The second kappa shape index (κ2) is 14.5. The van der Waals surface area contributed by atoms with Crippen molar-refractivity contribution in [3.05, 3.63) is 77.8 Å². The number of nitrogens with two attached hydrogens (primary N) is 1. The first-order valence-corrected chi connectivity index (χ1v) is 16.4. The summed E-state index contributed by atoms with van der Waals surface area (Å²) in [4.78, 5) is 49.2. The van der Waals surface area contributed by atoms with Crippen LogP contribution < -0.4 is 26.2 Å². The number of rotatable bonds is 13. The molecule has 2 aromatic carbocycles. The average molecular weight is 653 g/mol. The quantitative estimate of drug-likeness (QED) is 0.182. The summed E-state index contributed by atoms with van der Waals surface area (Å²) < 4.78 is 0. The highest BCUT2D eigenvalue weighted by atomic mass is 16.2. The van der Waals surface area contributed by atoms with E-state index in [2.05, 4.69) is 32.0 Å². The third-order valence-electron chi connectivity index (χ3n) is 9.05. The van der Waals surface area contributed by atoms with Crippen LogP contribution in [0, 0.1) is 6.92 Å². The number of nitrogens with zero attached hydrogens (tertiary/aromatic N) is 7. The molecule has 0 radical (unpaired) electrons. The lowest BCUT2D eigenvalue weighted by Crippen LogP contribution is -2.40. The number of hydrogen-bond acceptors (Lipinski definition) is 9. The molecule has 0 spiro atoms. The van der Waals surface area contributed by atoms with Crippen molar-refractivity contribution in [3.8, 4) is 0 Å². The number of amides is 2. The highest BCUT2D eigenvalue weighted by Gasteiger charge is 2.44. The highest BCUT2D eigenvalue weighted by molar-refractivity contribution is 6.09. The van der Waals surface area contributed by atoms with Gasteiger partial charge in [-0.15, -0.1) is 0 Å². The average Bonchev–Trinajstić information content (AvgIpc) is 3.64. The Balaban J connectivity index is 1.36. The molecule has 2 amide bonds. The van der Waals surface area contributed by atoms with Gasteiger partial charge < -0.3 is 36.0 Å². The molecule has 3 heterocycles. The van der Waals surface area contributed by atoms with Crippen molar-refractivity contribution in [2.75, 3.05) is 80.8 Å². The summed E-state index contributed by atoms with van der Waals surface area (Å²) in [6, 6.07) is 11.0. The van der Waals surface area contributed by atoms with Crippen LogP contribution in [0.25, 0.3) is 0 Å². The summed E-state index contributed by atoms with van der Waals surface area (Å²) in [7, 11) is 5.95. The largest absolute Gasteiger partial charge is 0.382 e. The number of likely N-dealkylation sites (N-methyl/N-ethyl adjacent to an activating group) is 2. The Bertz CT molecular complexity index is 1710. The van der Waals surface area contributed by atoms with Gasteiger partial charge in [-0.2, -0.15) is 0 Å². The molecule has 0 saturated carbocycles. The number of amidine groups is 1. The van der Waals surface area contributed by atoms with E-state index in [0.717, 1.165) is 49.5 Å². The molecule has 2 aliphatic heterocycles. The van der Waals surface area contributed by atoms with Gasteiger partial charge in [0, 0.05) is 50.2 Å². The SMILES string of the molecule is C=CNc1cnc(N(C)CCN(C)C)nc1C(N)=Nc1cc(C(=O)Nc2ccc3c(c2)C(C)(C)C(=O)N3CCN2CCCC2)ccc1C. The first-order chi connectivity index (χ1) is 22.9. The van der Waals surface area contributed by atoms with Gasteiger partial charge in [0.25, 0.3) is 5.91 Å². The Hall–Kier alpha value is -4.81. The number of aromatic nitrogens is 2. The van der Waals surface area contributed by atoms with Crippen molar-refractivity contribution in [2.24, 2.45) is 10.7 Å². The molecule has 3 aromatic rings. The van der Waals surface area contributed by atoms with Crippen molar-refractivity contribution in [2.45, 2.75) is 39.0 Å². The van der Waals surface area contributed by atoms with Crippen LogP contribution in [0.3, 0.4) is 0 Å². The zero-order chi connectivity index (χ0) is 34.6. The first-order valence-electron chi connectivity index (χ1n) is 16.4. The molecule has 254 valence electrons. The molecular formula is C36H48N10O2. The minimum Gasteiger partial charge on any atom is -0.382 e. The molecule has 0 bridgehead atoms. The maximum Gasteiger partial charge on any atom is 0.255 e. The van der Waals surface area contributed by atoms with E-state index in [1.54, 1.807) is 18.3 Å². The number of carbonyl (C=O) groups is 2. The van der Waals surface area contributed by atoms with Crippen LogP contribution in [0.5, 0.6) is 0 Å². The van der Waals surface area contributed by atoms with E-state index in [-0.39, 0.29) is 17.6 Å². The second-order valence-electron chi connectivity index (χ2n) is 13.3. The molecule has 2 aliphatic rings. The van der Waals surface area contributed by atoms with E-state index >= 15 is 0 Å². The summed E-state index contributed by atoms with van der Waals surface area (Å²) in [5.41, 5.74) is 11.1. The number of benzene rings is 2. The minimum absolute atomic E-state index is 0.0845. The van der Waals surface area contributed by atoms with Crippen LogP contribution in [0.4, 0.5) is 28.7 Å². The lowest BCUT2D eigenvalue weighted by Gasteiger charge is -2.23. The van der Waals surface area contributed by atoms with Crippen LogP contribution >= 0.6 is 0 Å². The van der Waals surface area contributed by atoms with Crippen molar-refractivity contribution in [3.63, 3.8) is 0 Å². The molecule has 1 fully saturated rings. The topological polar surface area (TPSA) is 135 Å². The van der Waals surface area contributed by atoms with E-state index in [4.69, 9.17) is 15.7 Å². The molecule has 0 unspecified atom stereocenters. The lowest BCUT2D eigenvalue weighted by atomic mass is 9.86. The van der Waals surface area contributed by atoms with Gasteiger partial charge in [-0.05, 0) is 108 Å². The number of nitrogens with one attached hydrogen (secondary N) is 2. The molecule has 12 nitrogen and oxygen atoms in total. The minimum atomic E-state index is -0.689. The van der Waals surface area contributed by atoms with Crippen molar-refractivity contribution >= 4 is 46.3 Å². The molecule has 4 N–H and O–H groups in total. The van der Waals surface area contributed by atoms with Gasteiger partial charge in [0.1, 0.15) is 5.69 Å². The number of aryl methyl sites for hydroxylation is 1. The van der Waals surface area contributed by atoms with Crippen LogP contribution in [-0.2, 0) is 10.2 Å². The van der Waals surface area contributed by atoms with Gasteiger partial charge in [0.2, 0.25) is 11.9 Å². The Morgan fingerprint density at radius 1 is 1.10 bits per heavy atom. The summed E-state index contributed by atoms with van der Waals surface area (Å²) in [6.07, 6.45) is 5.62. The van der Waals surface area contributed by atoms with Crippen LogP contribution in [0.15, 0.2) is 60.4 Å². The highest BCUT2D eigenvalue weighted by Crippen LogP contribution is 2.43. The molecule has 0 aliphatic carbocycles. The number of fused-ring (bicyclic) bond motifs is 1. The predicted octanol–water partition coefficient (Wildman–Crippen LogP) is 4.35. The molecule has 48 heavy (non-hydrogen) atoms. The number of aliphatic imine (C=N–C) groups is 1. The van der Waals surface area contributed by atoms with Crippen LogP contribution in [-0.4, -0.2) is 97.8 Å². The fourth-order valence-electron chi connectivity index (χ4n) is 6.06. The normalized spacial score (nSPS) is 15.9. The zero-order valence-electron chi connectivity index (χ0n) is 29.0. The van der Waals surface area contributed by atoms with Gasteiger partial charge in [-0.25, -0.2) is 15.0 Å². The molecule has 12 heteroatoms. The molecule has 1 saturated heterocycles. The van der Waals surface area contributed by atoms with Crippen LogP contribution in [0.1, 0.15) is 53.9 Å². The van der Waals surface area contributed by atoms with E-state index in [1.165, 1.54) is 19.0 Å². The summed E-state index contributed by atoms with van der Waals surface area (Å²) in [6.45, 7) is 14.8. The predicted molar refractivity (Wildman–Crippen MR) is 195 cm³/mol. The van der Waals surface area contributed by atoms with Gasteiger partial charge in [0.15, 0.2) is 5.84 Å². The number of likely N-dealkylation sites (tertiary alicyclic amines) is 1. The summed E-state index contributed by atoms with van der Waals surface area (Å²) in [5, 5.41) is 6.06. The first kappa shape index (κ1) is 34.5. The van der Waals surface area contributed by atoms with E-state index in [9.17, 15) is 9.59 Å². The summed E-state index contributed by atoms with van der Waals surface area (Å²) in [5.74, 6) is 0.475. The fourth-order valence-corrected chi connectivity index (χ4v) is 6.06. The van der Waals surface area contributed by atoms with Gasteiger partial charge in [0.05, 0.1) is 23.0 Å². The third kappa shape index (κ3) is 7.50. The van der Waals surface area contributed by atoms with Gasteiger partial charge in [-0.1, -0.05) is 12.6 Å². The molecular weight excluding hydrogens is 604 g/mol. The Morgan fingerprint density at radius 2 is 1.85 bits per heavy atom. The van der Waals surface area contributed by atoms with Gasteiger partial charge >= 0.3 is 0 Å². The summed E-state index contributed by atoms with van der Waals surface area (Å²) >= 11 is 0. The standard InChI is InChI=1S/C36H48N10O2/c1-8-38-29-23-39-35(44(7)18-17-43(5)6)42-31(29)32(37)41-28-21-25(12-11-24(28)2)33(47)40-26-13-14-30-27(22-26)36(3,4)34(48)46(30)20-19-45-15-9-10-16-45/h8,11-14,21-23,38H,1,9-10,15-20H2,2-7H3,(H2,37,41)(H,40,47). The van der Waals surface area contributed by atoms with E-state index in [1.807, 2.05) is 76.0 Å². The second-order valence-corrected chi connectivity index (χ2v) is 13.3. The lowest BCUT2D eigenvalue weighted by molar-refractivity contribution is -0.122. The molecule has 0 atom stereocenters. The molecule has 5 rings (SSSR count). The van der Waals surface area contributed by atoms with E-state index < -0.39 is 5.41 Å². The van der Waals surface area contributed by atoms with E-state index in [0.29, 0.717) is 40.8 Å².